The Balaban J connectivity index is 1.46. The summed E-state index contributed by atoms with van der Waals surface area (Å²) in [6.45, 7) is 7.95. The Morgan fingerprint density at radius 2 is 1.82 bits per heavy atom. The molecule has 1 amide bonds. The molecule has 3 aromatic rings. The van der Waals surface area contributed by atoms with Crippen molar-refractivity contribution in [3.8, 4) is 0 Å². The number of halogens is 1. The Bertz CT molecular complexity index is 972. The molecular weight excluding hydrogens is 390 g/mol. The van der Waals surface area contributed by atoms with Gasteiger partial charge in [-0.3, -0.25) is 4.79 Å². The molecule has 0 saturated carbocycles. The third-order valence-electron chi connectivity index (χ3n) is 5.46. The summed E-state index contributed by atoms with van der Waals surface area (Å²) >= 11 is 8.08. The van der Waals surface area contributed by atoms with Gasteiger partial charge in [0.05, 0.1) is 22.8 Å². The van der Waals surface area contributed by atoms with E-state index in [2.05, 4.69) is 33.9 Å². The molecule has 1 aliphatic rings. The van der Waals surface area contributed by atoms with Crippen molar-refractivity contribution in [1.82, 2.24) is 9.47 Å². The standard InChI is InChI=1S/C22H24ClN3OS/c1-16-14-19(17(2)26(16)15-18-6-5-13-28-18)22(27)25-11-9-24(10-12-25)21-8-4-3-7-20(21)23/h3-8,13-14H,9-12,15H2,1-2H3. The molecule has 0 spiro atoms. The van der Waals surface area contributed by atoms with Crippen LogP contribution < -0.4 is 4.90 Å². The fourth-order valence-electron chi connectivity index (χ4n) is 3.85. The van der Waals surface area contributed by atoms with Gasteiger partial charge in [0.2, 0.25) is 0 Å². The molecule has 0 radical (unpaired) electrons. The first-order valence-electron chi connectivity index (χ1n) is 9.52. The number of para-hydroxylation sites is 1. The van der Waals surface area contributed by atoms with Crippen molar-refractivity contribution in [3.63, 3.8) is 0 Å². The van der Waals surface area contributed by atoms with Crippen LogP contribution in [0.3, 0.4) is 0 Å². The summed E-state index contributed by atoms with van der Waals surface area (Å²) < 4.78 is 2.24. The largest absolute Gasteiger partial charge is 0.367 e. The molecule has 1 aliphatic heterocycles. The van der Waals surface area contributed by atoms with Gasteiger partial charge >= 0.3 is 0 Å². The number of carbonyl (C=O) groups is 1. The van der Waals surface area contributed by atoms with Crippen molar-refractivity contribution in [1.29, 1.82) is 0 Å². The van der Waals surface area contributed by atoms with Crippen LogP contribution in [0.5, 0.6) is 0 Å². The van der Waals surface area contributed by atoms with Gasteiger partial charge in [0.1, 0.15) is 0 Å². The molecule has 0 N–H and O–H groups in total. The number of anilines is 1. The topological polar surface area (TPSA) is 28.5 Å². The number of thiophene rings is 1. The zero-order chi connectivity index (χ0) is 19.7. The lowest BCUT2D eigenvalue weighted by molar-refractivity contribution is 0.0746. The van der Waals surface area contributed by atoms with Gasteiger partial charge in [-0.15, -0.1) is 11.3 Å². The predicted molar refractivity (Wildman–Crippen MR) is 117 cm³/mol. The van der Waals surface area contributed by atoms with Crippen molar-refractivity contribution in [2.24, 2.45) is 0 Å². The quantitative estimate of drug-likeness (QED) is 0.612. The Hall–Kier alpha value is -2.24. The SMILES string of the molecule is Cc1cc(C(=O)N2CCN(c3ccccc3Cl)CC2)c(C)n1Cc1cccs1. The fourth-order valence-corrected chi connectivity index (χ4v) is 4.80. The van der Waals surface area contributed by atoms with Crippen molar-refractivity contribution in [2.45, 2.75) is 20.4 Å². The molecule has 0 atom stereocenters. The number of aryl methyl sites for hydroxylation is 1. The van der Waals surface area contributed by atoms with Crippen LogP contribution in [0.4, 0.5) is 5.69 Å². The third-order valence-corrected chi connectivity index (χ3v) is 6.64. The molecule has 28 heavy (non-hydrogen) atoms. The number of hydrogen-bond donors (Lipinski definition) is 0. The molecule has 2 aromatic heterocycles. The van der Waals surface area contributed by atoms with E-state index in [1.807, 2.05) is 42.2 Å². The number of amides is 1. The molecule has 6 heteroatoms. The van der Waals surface area contributed by atoms with Crippen LogP contribution in [-0.4, -0.2) is 41.6 Å². The monoisotopic (exact) mass is 413 g/mol. The molecule has 1 fully saturated rings. The van der Waals surface area contributed by atoms with Gasteiger partial charge in [-0.2, -0.15) is 0 Å². The van der Waals surface area contributed by atoms with Crippen LogP contribution in [0, 0.1) is 13.8 Å². The lowest BCUT2D eigenvalue weighted by atomic mass is 10.2. The lowest BCUT2D eigenvalue weighted by Gasteiger charge is -2.36. The minimum Gasteiger partial charge on any atom is -0.367 e. The normalized spacial score (nSPS) is 14.5. The second kappa shape index (κ2) is 8.02. The van der Waals surface area contributed by atoms with Crippen LogP contribution in [0.2, 0.25) is 5.02 Å². The summed E-state index contributed by atoms with van der Waals surface area (Å²) in [6, 6.07) is 14.1. The first kappa shape index (κ1) is 19.1. The summed E-state index contributed by atoms with van der Waals surface area (Å²) in [5, 5.41) is 2.85. The molecule has 4 nitrogen and oxygen atoms in total. The summed E-state index contributed by atoms with van der Waals surface area (Å²) in [5.74, 6) is 0.129. The molecule has 146 valence electrons. The number of benzene rings is 1. The first-order valence-corrected chi connectivity index (χ1v) is 10.8. The third kappa shape index (κ3) is 3.69. The van der Waals surface area contributed by atoms with Crippen LogP contribution in [0.25, 0.3) is 0 Å². The average Bonchev–Trinajstić information content (AvgIpc) is 3.32. The van der Waals surface area contributed by atoms with Gasteiger partial charge in [0.15, 0.2) is 0 Å². The van der Waals surface area contributed by atoms with Gasteiger partial charge < -0.3 is 14.4 Å². The van der Waals surface area contributed by atoms with E-state index in [1.54, 1.807) is 11.3 Å². The van der Waals surface area contributed by atoms with E-state index in [9.17, 15) is 4.79 Å². The van der Waals surface area contributed by atoms with E-state index in [4.69, 9.17) is 11.6 Å². The average molecular weight is 414 g/mol. The molecule has 1 aromatic carbocycles. The number of rotatable bonds is 4. The van der Waals surface area contributed by atoms with E-state index in [-0.39, 0.29) is 5.91 Å². The number of carbonyl (C=O) groups excluding carboxylic acids is 1. The van der Waals surface area contributed by atoms with Gasteiger partial charge in [0, 0.05) is 42.4 Å². The van der Waals surface area contributed by atoms with Gasteiger partial charge in [-0.25, -0.2) is 0 Å². The molecular formula is C22H24ClN3OS. The zero-order valence-corrected chi connectivity index (χ0v) is 17.8. The van der Waals surface area contributed by atoms with Crippen LogP contribution in [-0.2, 0) is 6.54 Å². The van der Waals surface area contributed by atoms with Gasteiger partial charge in [0.25, 0.3) is 5.91 Å². The van der Waals surface area contributed by atoms with Crippen LogP contribution in [0.15, 0.2) is 47.8 Å². The van der Waals surface area contributed by atoms with E-state index in [1.165, 1.54) is 4.88 Å². The number of piperazine rings is 1. The summed E-state index contributed by atoms with van der Waals surface area (Å²) in [5.41, 5.74) is 4.04. The molecule has 0 aliphatic carbocycles. The first-order chi connectivity index (χ1) is 13.5. The highest BCUT2D eigenvalue weighted by Gasteiger charge is 2.26. The van der Waals surface area contributed by atoms with Crippen LogP contribution in [0.1, 0.15) is 26.6 Å². The maximum atomic E-state index is 13.2. The molecule has 1 saturated heterocycles. The minimum absolute atomic E-state index is 0.129. The fraction of sp³-hybridized carbons (Fsp3) is 0.318. The second-order valence-corrected chi connectivity index (χ2v) is 8.62. The van der Waals surface area contributed by atoms with Crippen molar-refractivity contribution >= 4 is 34.5 Å². The van der Waals surface area contributed by atoms with Crippen molar-refractivity contribution < 1.29 is 4.79 Å². The highest BCUT2D eigenvalue weighted by Crippen LogP contribution is 2.27. The van der Waals surface area contributed by atoms with Gasteiger partial charge in [-0.05, 0) is 43.5 Å². The van der Waals surface area contributed by atoms with Gasteiger partial charge in [-0.1, -0.05) is 29.8 Å². The van der Waals surface area contributed by atoms with Crippen molar-refractivity contribution in [3.05, 3.63) is 74.7 Å². The van der Waals surface area contributed by atoms with Crippen LogP contribution >= 0.6 is 22.9 Å². The number of nitrogens with zero attached hydrogens (tertiary/aromatic N) is 3. The molecule has 3 heterocycles. The maximum Gasteiger partial charge on any atom is 0.255 e. The summed E-state index contributed by atoms with van der Waals surface area (Å²) in [6.07, 6.45) is 0. The smallest absolute Gasteiger partial charge is 0.255 e. The van der Waals surface area contributed by atoms with E-state index < -0.39 is 0 Å². The maximum absolute atomic E-state index is 13.2. The highest BCUT2D eigenvalue weighted by atomic mass is 35.5. The Morgan fingerprint density at radius 3 is 2.50 bits per heavy atom. The van der Waals surface area contributed by atoms with Crippen molar-refractivity contribution in [2.75, 3.05) is 31.1 Å². The minimum atomic E-state index is 0.129. The molecule has 0 unspecified atom stereocenters. The summed E-state index contributed by atoms with van der Waals surface area (Å²) in [4.78, 5) is 18.7. The molecule has 0 bridgehead atoms. The lowest BCUT2D eigenvalue weighted by Crippen LogP contribution is -2.49. The Labute approximate surface area is 175 Å². The predicted octanol–water partition coefficient (Wildman–Crippen LogP) is 4.83. The highest BCUT2D eigenvalue weighted by molar-refractivity contribution is 7.09. The number of hydrogen-bond acceptors (Lipinski definition) is 3. The number of aromatic nitrogens is 1. The Kier molecular flexibility index (Phi) is 5.47. The van der Waals surface area contributed by atoms with E-state index in [0.29, 0.717) is 13.1 Å². The zero-order valence-electron chi connectivity index (χ0n) is 16.2. The molecule has 4 rings (SSSR count). The Morgan fingerprint density at radius 1 is 1.07 bits per heavy atom. The van der Waals surface area contributed by atoms with E-state index in [0.717, 1.165) is 47.3 Å². The second-order valence-electron chi connectivity index (χ2n) is 7.18. The summed E-state index contributed by atoms with van der Waals surface area (Å²) in [7, 11) is 0. The van der Waals surface area contributed by atoms with E-state index >= 15 is 0 Å².